The van der Waals surface area contributed by atoms with Gasteiger partial charge in [-0.15, -0.1) is 0 Å². The second-order valence-corrected chi connectivity index (χ2v) is 5.01. The number of fused-ring (bicyclic) bond motifs is 1. The van der Waals surface area contributed by atoms with E-state index in [2.05, 4.69) is 31.2 Å². The summed E-state index contributed by atoms with van der Waals surface area (Å²) in [6, 6.07) is 3.99. The van der Waals surface area contributed by atoms with Crippen LogP contribution >= 0.6 is 0 Å². The van der Waals surface area contributed by atoms with Gasteiger partial charge in [-0.05, 0) is 24.6 Å². The Kier molecular flexibility index (Phi) is 2.60. The Bertz CT molecular complexity index is 884. The predicted molar refractivity (Wildman–Crippen MR) is 79.3 cm³/mol. The van der Waals surface area contributed by atoms with Crippen molar-refractivity contribution in [1.29, 1.82) is 0 Å². The maximum absolute atomic E-state index is 4.63. The fraction of sp³-hybridized carbons (Fsp3) is 0.133. The number of nitrogens with one attached hydrogen (secondary N) is 2. The number of aromatic amines is 2. The number of hydrogen-bond donors (Lipinski definition) is 2. The van der Waals surface area contributed by atoms with Gasteiger partial charge in [-0.3, -0.25) is 0 Å². The number of aryl methyl sites for hydroxylation is 1. The van der Waals surface area contributed by atoms with Crippen molar-refractivity contribution in [3.63, 3.8) is 0 Å². The summed E-state index contributed by atoms with van der Waals surface area (Å²) in [5.41, 5.74) is 5.18. The van der Waals surface area contributed by atoms with Crippen LogP contribution in [0.15, 0.2) is 43.2 Å². The van der Waals surface area contributed by atoms with E-state index in [4.69, 9.17) is 0 Å². The summed E-state index contributed by atoms with van der Waals surface area (Å²) in [6.07, 6.45) is 10.1. The zero-order valence-electron chi connectivity index (χ0n) is 11.5. The molecule has 0 aliphatic rings. The standard InChI is InChI=1S/C15H14N6/c1-10-11(6-12-7-16-9-19-12)8-21(20-10)14-3-5-18-15-13(14)2-4-17-15/h2-5,7-9H,6H2,1H3,(H,16,19)(H,17,18). The summed E-state index contributed by atoms with van der Waals surface area (Å²) in [4.78, 5) is 14.6. The van der Waals surface area contributed by atoms with Gasteiger partial charge < -0.3 is 9.97 Å². The molecule has 0 saturated carbocycles. The van der Waals surface area contributed by atoms with Gasteiger partial charge in [0.05, 0.1) is 17.7 Å². The molecule has 0 amide bonds. The molecule has 6 heteroatoms. The van der Waals surface area contributed by atoms with E-state index < -0.39 is 0 Å². The molecule has 0 bridgehead atoms. The van der Waals surface area contributed by atoms with Crippen LogP contribution in [0.5, 0.6) is 0 Å². The number of nitrogens with zero attached hydrogens (tertiary/aromatic N) is 4. The Labute approximate surface area is 120 Å². The van der Waals surface area contributed by atoms with Crippen molar-refractivity contribution < 1.29 is 0 Å². The van der Waals surface area contributed by atoms with Crippen LogP contribution in [0, 0.1) is 6.92 Å². The molecule has 104 valence electrons. The Morgan fingerprint density at radius 2 is 2.19 bits per heavy atom. The molecule has 0 radical (unpaired) electrons. The van der Waals surface area contributed by atoms with Gasteiger partial charge in [0, 0.05) is 42.3 Å². The second-order valence-electron chi connectivity index (χ2n) is 5.01. The summed E-state index contributed by atoms with van der Waals surface area (Å²) in [6.45, 7) is 2.03. The van der Waals surface area contributed by atoms with Crippen LogP contribution in [0.4, 0.5) is 0 Å². The van der Waals surface area contributed by atoms with Crippen molar-refractivity contribution >= 4 is 11.0 Å². The lowest BCUT2D eigenvalue weighted by atomic mass is 10.1. The van der Waals surface area contributed by atoms with Gasteiger partial charge in [-0.2, -0.15) is 5.10 Å². The number of rotatable bonds is 3. The van der Waals surface area contributed by atoms with E-state index in [1.54, 1.807) is 12.5 Å². The van der Waals surface area contributed by atoms with Crippen molar-refractivity contribution in [3.8, 4) is 5.69 Å². The summed E-state index contributed by atoms with van der Waals surface area (Å²) in [5.74, 6) is 0. The first-order valence-electron chi connectivity index (χ1n) is 6.76. The molecule has 4 heterocycles. The molecule has 0 unspecified atom stereocenters. The molecule has 21 heavy (non-hydrogen) atoms. The first-order chi connectivity index (χ1) is 10.3. The zero-order valence-corrected chi connectivity index (χ0v) is 11.5. The van der Waals surface area contributed by atoms with Crippen LogP contribution in [0.3, 0.4) is 0 Å². The topological polar surface area (TPSA) is 75.2 Å². The van der Waals surface area contributed by atoms with E-state index >= 15 is 0 Å². The Morgan fingerprint density at radius 1 is 1.24 bits per heavy atom. The van der Waals surface area contributed by atoms with Crippen molar-refractivity contribution in [3.05, 3.63) is 60.2 Å². The van der Waals surface area contributed by atoms with E-state index in [0.717, 1.165) is 34.5 Å². The zero-order chi connectivity index (χ0) is 14.2. The van der Waals surface area contributed by atoms with Crippen LogP contribution in [0.2, 0.25) is 0 Å². The molecule has 0 saturated heterocycles. The SMILES string of the molecule is Cc1nn(-c2ccnc3[nH]ccc23)cc1Cc1cnc[nH]1. The lowest BCUT2D eigenvalue weighted by Crippen LogP contribution is -1.96. The van der Waals surface area contributed by atoms with Crippen molar-refractivity contribution in [2.45, 2.75) is 13.3 Å². The molecule has 6 nitrogen and oxygen atoms in total. The molecular weight excluding hydrogens is 264 g/mol. The highest BCUT2D eigenvalue weighted by molar-refractivity contribution is 5.84. The van der Waals surface area contributed by atoms with E-state index in [1.165, 1.54) is 5.56 Å². The molecule has 4 rings (SSSR count). The molecule has 0 fully saturated rings. The lowest BCUT2D eigenvalue weighted by Gasteiger charge is -2.02. The smallest absolute Gasteiger partial charge is 0.139 e. The molecule has 0 aliphatic heterocycles. The Balaban J connectivity index is 1.78. The third kappa shape index (κ3) is 2.01. The Morgan fingerprint density at radius 3 is 3.05 bits per heavy atom. The molecule has 0 aliphatic carbocycles. The highest BCUT2D eigenvalue weighted by Gasteiger charge is 2.10. The molecule has 2 N–H and O–H groups in total. The van der Waals surface area contributed by atoms with E-state index in [9.17, 15) is 0 Å². The second kappa shape index (κ2) is 4.59. The minimum atomic E-state index is 0.799. The summed E-state index contributed by atoms with van der Waals surface area (Å²) >= 11 is 0. The van der Waals surface area contributed by atoms with Gasteiger partial charge in [-0.25, -0.2) is 14.6 Å². The van der Waals surface area contributed by atoms with Gasteiger partial charge in [-0.1, -0.05) is 0 Å². The van der Waals surface area contributed by atoms with Crippen LogP contribution in [-0.2, 0) is 6.42 Å². The normalized spacial score (nSPS) is 11.3. The minimum absolute atomic E-state index is 0.799. The maximum Gasteiger partial charge on any atom is 0.139 e. The molecule has 0 aromatic carbocycles. The van der Waals surface area contributed by atoms with E-state index in [1.807, 2.05) is 36.1 Å². The average molecular weight is 278 g/mol. The number of pyridine rings is 1. The van der Waals surface area contributed by atoms with Crippen LogP contribution in [0.1, 0.15) is 17.0 Å². The fourth-order valence-corrected chi connectivity index (χ4v) is 2.53. The average Bonchev–Trinajstić information content (AvgIpc) is 3.20. The van der Waals surface area contributed by atoms with Crippen LogP contribution in [0.25, 0.3) is 16.7 Å². The maximum atomic E-state index is 4.63. The molecule has 0 atom stereocenters. The number of imidazole rings is 1. The number of hydrogen-bond acceptors (Lipinski definition) is 3. The number of H-pyrrole nitrogens is 2. The predicted octanol–water partition coefficient (Wildman–Crippen LogP) is 2.37. The third-order valence-corrected chi connectivity index (χ3v) is 3.62. The Hall–Kier alpha value is -2.89. The largest absolute Gasteiger partial charge is 0.348 e. The van der Waals surface area contributed by atoms with E-state index in [-0.39, 0.29) is 0 Å². The molecule has 4 aromatic rings. The highest BCUT2D eigenvalue weighted by atomic mass is 15.3. The quantitative estimate of drug-likeness (QED) is 0.604. The molecule has 0 spiro atoms. The summed E-state index contributed by atoms with van der Waals surface area (Å²) in [7, 11) is 0. The van der Waals surface area contributed by atoms with Gasteiger partial charge >= 0.3 is 0 Å². The van der Waals surface area contributed by atoms with Gasteiger partial charge in [0.2, 0.25) is 0 Å². The first kappa shape index (κ1) is 11.9. The monoisotopic (exact) mass is 278 g/mol. The summed E-state index contributed by atoms with van der Waals surface area (Å²) in [5, 5.41) is 5.69. The summed E-state index contributed by atoms with van der Waals surface area (Å²) < 4.78 is 1.92. The minimum Gasteiger partial charge on any atom is -0.348 e. The first-order valence-corrected chi connectivity index (χ1v) is 6.76. The van der Waals surface area contributed by atoms with Crippen molar-refractivity contribution in [2.75, 3.05) is 0 Å². The van der Waals surface area contributed by atoms with Crippen LogP contribution in [-0.4, -0.2) is 29.7 Å². The van der Waals surface area contributed by atoms with Gasteiger partial charge in [0.25, 0.3) is 0 Å². The highest BCUT2D eigenvalue weighted by Crippen LogP contribution is 2.21. The molecular formula is C15H14N6. The van der Waals surface area contributed by atoms with Gasteiger partial charge in [0.1, 0.15) is 5.65 Å². The lowest BCUT2D eigenvalue weighted by molar-refractivity contribution is 0.868. The van der Waals surface area contributed by atoms with E-state index in [0.29, 0.717) is 0 Å². The van der Waals surface area contributed by atoms with Crippen molar-refractivity contribution in [1.82, 2.24) is 29.7 Å². The molecule has 4 aromatic heterocycles. The van der Waals surface area contributed by atoms with Gasteiger partial charge in [0.15, 0.2) is 0 Å². The van der Waals surface area contributed by atoms with Crippen molar-refractivity contribution in [2.24, 2.45) is 0 Å². The third-order valence-electron chi connectivity index (χ3n) is 3.62. The number of aromatic nitrogens is 6. The fourth-order valence-electron chi connectivity index (χ4n) is 2.53. The van der Waals surface area contributed by atoms with Crippen LogP contribution < -0.4 is 0 Å².